The molecular weight excluding hydrogens is 284 g/mol. The van der Waals surface area contributed by atoms with Gasteiger partial charge in [-0.2, -0.15) is 0 Å². The molecule has 0 aliphatic carbocycles. The van der Waals surface area contributed by atoms with Crippen molar-refractivity contribution in [2.24, 2.45) is 5.73 Å². The quantitative estimate of drug-likeness (QED) is 0.841. The van der Waals surface area contributed by atoms with Gasteiger partial charge in [-0.3, -0.25) is 14.7 Å². The molecule has 92 valence electrons. The molecule has 1 fully saturated rings. The van der Waals surface area contributed by atoms with E-state index in [1.54, 1.807) is 6.20 Å². The summed E-state index contributed by atoms with van der Waals surface area (Å²) < 4.78 is 0.906. The number of pyridine rings is 1. The number of amides is 1. The molecule has 0 radical (unpaired) electrons. The van der Waals surface area contributed by atoms with Crippen molar-refractivity contribution in [1.29, 1.82) is 0 Å². The van der Waals surface area contributed by atoms with E-state index in [4.69, 9.17) is 5.73 Å². The lowest BCUT2D eigenvalue weighted by molar-refractivity contribution is -0.123. The lowest BCUT2D eigenvalue weighted by Gasteiger charge is -2.32. The number of nitrogens with zero attached hydrogens (tertiary/aromatic N) is 2. The van der Waals surface area contributed by atoms with Crippen LogP contribution in [0.4, 0.5) is 0 Å². The molecule has 0 bridgehead atoms. The van der Waals surface area contributed by atoms with Crippen molar-refractivity contribution in [1.82, 2.24) is 15.2 Å². The number of primary amides is 1. The average molecular weight is 299 g/mol. The molecule has 2 rings (SSSR count). The van der Waals surface area contributed by atoms with Crippen molar-refractivity contribution >= 4 is 21.8 Å². The first kappa shape index (κ1) is 12.5. The summed E-state index contributed by atoms with van der Waals surface area (Å²) in [6, 6.07) is 3.24. The van der Waals surface area contributed by atoms with Crippen LogP contribution in [0.1, 0.15) is 11.7 Å². The third-order valence-corrected chi connectivity index (χ3v) is 3.30. The summed E-state index contributed by atoms with van der Waals surface area (Å²) in [5.74, 6) is -0.350. The summed E-state index contributed by atoms with van der Waals surface area (Å²) in [5.41, 5.74) is 6.20. The number of nitrogens with two attached hydrogens (primary N) is 1. The highest BCUT2D eigenvalue weighted by Crippen LogP contribution is 2.21. The highest BCUT2D eigenvalue weighted by molar-refractivity contribution is 9.10. The van der Waals surface area contributed by atoms with Crippen molar-refractivity contribution in [3.8, 4) is 0 Å². The van der Waals surface area contributed by atoms with Crippen LogP contribution >= 0.6 is 15.9 Å². The van der Waals surface area contributed by atoms with Gasteiger partial charge in [-0.1, -0.05) is 15.9 Å². The second-order valence-electron chi connectivity index (χ2n) is 3.99. The first-order valence-corrected chi connectivity index (χ1v) is 6.33. The standard InChI is InChI=1S/C11H15BrN4O/c12-8-1-2-15-9(7-8)10(11(13)17)16-5-3-14-4-6-16/h1-2,7,10,14H,3-6H2,(H2,13,17). The van der Waals surface area contributed by atoms with Crippen molar-refractivity contribution in [2.75, 3.05) is 26.2 Å². The molecule has 1 amide bonds. The SMILES string of the molecule is NC(=O)C(c1cc(Br)ccn1)N1CCNCC1. The van der Waals surface area contributed by atoms with Gasteiger partial charge in [-0.25, -0.2) is 0 Å². The van der Waals surface area contributed by atoms with E-state index in [0.29, 0.717) is 5.69 Å². The first-order valence-electron chi connectivity index (χ1n) is 5.54. The summed E-state index contributed by atoms with van der Waals surface area (Å²) in [6.45, 7) is 3.36. The van der Waals surface area contributed by atoms with Gasteiger partial charge in [0.15, 0.2) is 0 Å². The maximum atomic E-state index is 11.6. The van der Waals surface area contributed by atoms with E-state index in [2.05, 4.69) is 31.1 Å². The molecule has 6 heteroatoms. The smallest absolute Gasteiger partial charge is 0.241 e. The molecule has 3 N–H and O–H groups in total. The number of hydrogen-bond donors (Lipinski definition) is 2. The Morgan fingerprint density at radius 3 is 2.82 bits per heavy atom. The van der Waals surface area contributed by atoms with Gasteiger partial charge in [-0.15, -0.1) is 0 Å². The third kappa shape index (κ3) is 3.02. The van der Waals surface area contributed by atoms with Gasteiger partial charge in [0, 0.05) is 36.8 Å². The molecule has 1 atom stereocenters. The van der Waals surface area contributed by atoms with E-state index in [9.17, 15) is 4.79 Å². The highest BCUT2D eigenvalue weighted by Gasteiger charge is 2.27. The predicted molar refractivity (Wildman–Crippen MR) is 68.3 cm³/mol. The van der Waals surface area contributed by atoms with Crippen LogP contribution in [0.2, 0.25) is 0 Å². The maximum absolute atomic E-state index is 11.6. The number of hydrogen-bond acceptors (Lipinski definition) is 4. The van der Waals surface area contributed by atoms with Crippen molar-refractivity contribution < 1.29 is 4.79 Å². The van der Waals surface area contributed by atoms with Crippen LogP contribution in [0.15, 0.2) is 22.8 Å². The second kappa shape index (κ2) is 5.57. The topological polar surface area (TPSA) is 71.2 Å². The molecule has 1 unspecified atom stereocenters. The summed E-state index contributed by atoms with van der Waals surface area (Å²) in [5, 5.41) is 3.25. The number of carbonyl (C=O) groups is 1. The Hall–Kier alpha value is -0.980. The Morgan fingerprint density at radius 2 is 2.24 bits per heavy atom. The van der Waals surface area contributed by atoms with Gasteiger partial charge >= 0.3 is 0 Å². The molecule has 1 aromatic rings. The van der Waals surface area contributed by atoms with Crippen molar-refractivity contribution in [3.05, 3.63) is 28.5 Å². The number of piperazine rings is 1. The first-order chi connectivity index (χ1) is 8.18. The highest BCUT2D eigenvalue weighted by atomic mass is 79.9. The van der Waals surface area contributed by atoms with Gasteiger partial charge in [0.1, 0.15) is 6.04 Å². The zero-order valence-corrected chi connectivity index (χ0v) is 11.0. The van der Waals surface area contributed by atoms with Crippen molar-refractivity contribution in [3.63, 3.8) is 0 Å². The van der Waals surface area contributed by atoms with Crippen LogP contribution in [0.5, 0.6) is 0 Å². The molecule has 1 aromatic heterocycles. The lowest BCUT2D eigenvalue weighted by atomic mass is 10.1. The minimum absolute atomic E-state index is 0.350. The van der Waals surface area contributed by atoms with E-state index in [0.717, 1.165) is 30.7 Å². The fourth-order valence-electron chi connectivity index (χ4n) is 2.02. The van der Waals surface area contributed by atoms with Crippen LogP contribution in [0, 0.1) is 0 Å². The number of aromatic nitrogens is 1. The lowest BCUT2D eigenvalue weighted by Crippen LogP contribution is -2.48. The zero-order chi connectivity index (χ0) is 12.3. The Bertz CT molecular complexity index is 406. The Balaban J connectivity index is 2.25. The summed E-state index contributed by atoms with van der Waals surface area (Å²) in [4.78, 5) is 17.9. The Kier molecular flexibility index (Phi) is 4.09. The van der Waals surface area contributed by atoms with Crippen LogP contribution in [-0.4, -0.2) is 42.0 Å². The monoisotopic (exact) mass is 298 g/mol. The van der Waals surface area contributed by atoms with E-state index < -0.39 is 6.04 Å². The molecule has 1 saturated heterocycles. The summed E-state index contributed by atoms with van der Waals surface area (Å²) >= 11 is 3.38. The number of rotatable bonds is 3. The molecule has 0 saturated carbocycles. The van der Waals surface area contributed by atoms with E-state index in [1.807, 2.05) is 12.1 Å². The minimum Gasteiger partial charge on any atom is -0.368 e. The molecule has 0 aromatic carbocycles. The number of halogens is 1. The van der Waals surface area contributed by atoms with Gasteiger partial charge < -0.3 is 11.1 Å². The van der Waals surface area contributed by atoms with Crippen LogP contribution in [-0.2, 0) is 4.79 Å². The predicted octanol–water partition coefficient (Wildman–Crippen LogP) is 0.276. The summed E-state index contributed by atoms with van der Waals surface area (Å²) in [7, 11) is 0. The molecule has 0 spiro atoms. The molecular formula is C11H15BrN4O. The fraction of sp³-hybridized carbons (Fsp3) is 0.455. The third-order valence-electron chi connectivity index (χ3n) is 2.81. The molecule has 1 aliphatic heterocycles. The number of carbonyl (C=O) groups excluding carboxylic acids is 1. The van der Waals surface area contributed by atoms with E-state index >= 15 is 0 Å². The molecule has 17 heavy (non-hydrogen) atoms. The van der Waals surface area contributed by atoms with Crippen LogP contribution in [0.25, 0.3) is 0 Å². The Labute approximate surface area is 109 Å². The Morgan fingerprint density at radius 1 is 1.53 bits per heavy atom. The van der Waals surface area contributed by atoms with Crippen LogP contribution in [0.3, 0.4) is 0 Å². The van der Waals surface area contributed by atoms with Gasteiger partial charge in [0.2, 0.25) is 5.91 Å². The molecule has 5 nitrogen and oxygen atoms in total. The fourth-order valence-corrected chi connectivity index (χ4v) is 2.38. The van der Waals surface area contributed by atoms with Crippen molar-refractivity contribution in [2.45, 2.75) is 6.04 Å². The zero-order valence-electron chi connectivity index (χ0n) is 9.40. The van der Waals surface area contributed by atoms with E-state index in [-0.39, 0.29) is 5.91 Å². The average Bonchev–Trinajstić information content (AvgIpc) is 2.30. The van der Waals surface area contributed by atoms with Crippen LogP contribution < -0.4 is 11.1 Å². The molecule has 2 heterocycles. The molecule has 1 aliphatic rings. The normalized spacial score (nSPS) is 18.9. The summed E-state index contributed by atoms with van der Waals surface area (Å²) in [6.07, 6.45) is 1.68. The van der Waals surface area contributed by atoms with Gasteiger partial charge in [0.25, 0.3) is 0 Å². The second-order valence-corrected chi connectivity index (χ2v) is 4.91. The number of nitrogens with one attached hydrogen (secondary N) is 1. The minimum atomic E-state index is -0.436. The van der Waals surface area contributed by atoms with E-state index in [1.165, 1.54) is 0 Å². The van der Waals surface area contributed by atoms with Gasteiger partial charge in [-0.05, 0) is 12.1 Å². The maximum Gasteiger partial charge on any atom is 0.241 e. The largest absolute Gasteiger partial charge is 0.368 e. The van der Waals surface area contributed by atoms with Gasteiger partial charge in [0.05, 0.1) is 5.69 Å².